The van der Waals surface area contributed by atoms with E-state index in [2.05, 4.69) is 24.3 Å². The molecule has 1 saturated heterocycles. The number of hydrogen-bond acceptors (Lipinski definition) is 4. The van der Waals surface area contributed by atoms with Crippen molar-refractivity contribution in [2.24, 2.45) is 0 Å². The zero-order chi connectivity index (χ0) is 19.7. The Morgan fingerprint density at radius 2 is 1.68 bits per heavy atom. The van der Waals surface area contributed by atoms with Gasteiger partial charge in [-0.2, -0.15) is 0 Å². The van der Waals surface area contributed by atoms with Gasteiger partial charge >= 0.3 is 5.97 Å². The SMILES string of the molecule is C[C@H]1CC(CCCCCCOCc2ccccc2)(Sc2ccccc2)C(=O)O1. The molecule has 28 heavy (non-hydrogen) atoms. The fourth-order valence-corrected chi connectivity index (χ4v) is 5.10. The van der Waals surface area contributed by atoms with Gasteiger partial charge in [0.15, 0.2) is 0 Å². The third-order valence-corrected chi connectivity index (χ3v) is 6.52. The third kappa shape index (κ3) is 6.11. The fourth-order valence-electron chi connectivity index (χ4n) is 3.66. The van der Waals surface area contributed by atoms with E-state index in [1.807, 2.05) is 43.3 Å². The predicted molar refractivity (Wildman–Crippen MR) is 114 cm³/mol. The van der Waals surface area contributed by atoms with E-state index in [-0.39, 0.29) is 12.1 Å². The maximum Gasteiger partial charge on any atom is 0.322 e. The van der Waals surface area contributed by atoms with E-state index in [4.69, 9.17) is 9.47 Å². The fraction of sp³-hybridized carbons (Fsp3) is 0.458. The Morgan fingerprint density at radius 1 is 1.00 bits per heavy atom. The lowest BCUT2D eigenvalue weighted by molar-refractivity contribution is -0.142. The number of hydrogen-bond donors (Lipinski definition) is 0. The van der Waals surface area contributed by atoms with Crippen LogP contribution in [0.25, 0.3) is 0 Å². The van der Waals surface area contributed by atoms with Gasteiger partial charge in [0.2, 0.25) is 0 Å². The summed E-state index contributed by atoms with van der Waals surface area (Å²) in [5.41, 5.74) is 1.22. The molecule has 4 heteroatoms. The summed E-state index contributed by atoms with van der Waals surface area (Å²) in [6.45, 7) is 3.47. The highest BCUT2D eigenvalue weighted by molar-refractivity contribution is 8.01. The Balaban J connectivity index is 1.38. The molecule has 1 aliphatic heterocycles. The summed E-state index contributed by atoms with van der Waals surface area (Å²) < 4.78 is 10.8. The van der Waals surface area contributed by atoms with Gasteiger partial charge in [0.1, 0.15) is 10.9 Å². The number of carbonyl (C=O) groups is 1. The quantitative estimate of drug-likeness (QED) is 0.342. The van der Waals surface area contributed by atoms with Gasteiger partial charge in [0, 0.05) is 17.9 Å². The van der Waals surface area contributed by atoms with E-state index in [0.29, 0.717) is 6.61 Å². The standard InChI is InChI=1S/C24H30O3S/c1-20-18-24(23(25)27-20,28-22-14-8-5-9-15-22)16-10-2-3-11-17-26-19-21-12-6-4-7-13-21/h4-9,12-15,20H,2-3,10-11,16-19H2,1H3/t20-,24?/m0/s1. The number of carbonyl (C=O) groups excluding carboxylic acids is 1. The Morgan fingerprint density at radius 3 is 2.36 bits per heavy atom. The van der Waals surface area contributed by atoms with Crippen LogP contribution >= 0.6 is 11.8 Å². The molecule has 1 aliphatic rings. The molecule has 2 aromatic rings. The minimum atomic E-state index is -0.426. The molecule has 0 bridgehead atoms. The van der Waals surface area contributed by atoms with Crippen LogP contribution in [0.3, 0.4) is 0 Å². The van der Waals surface area contributed by atoms with Crippen LogP contribution in [0.1, 0.15) is 51.0 Å². The minimum absolute atomic E-state index is 0.00935. The molecule has 1 fully saturated rings. The Labute approximate surface area is 172 Å². The lowest BCUT2D eigenvalue weighted by atomic mass is 9.96. The van der Waals surface area contributed by atoms with Crippen molar-refractivity contribution in [3.8, 4) is 0 Å². The number of esters is 1. The number of unbranched alkanes of at least 4 members (excludes halogenated alkanes) is 3. The number of cyclic esters (lactones) is 1. The normalized spacial score (nSPS) is 21.6. The van der Waals surface area contributed by atoms with Crippen LogP contribution in [-0.2, 0) is 20.9 Å². The minimum Gasteiger partial charge on any atom is -0.462 e. The highest BCUT2D eigenvalue weighted by Crippen LogP contribution is 2.45. The summed E-state index contributed by atoms with van der Waals surface area (Å²) in [5, 5.41) is 0. The highest BCUT2D eigenvalue weighted by atomic mass is 32.2. The number of rotatable bonds is 11. The molecule has 0 amide bonds. The highest BCUT2D eigenvalue weighted by Gasteiger charge is 2.48. The van der Waals surface area contributed by atoms with Crippen molar-refractivity contribution in [1.82, 2.24) is 0 Å². The molecule has 3 nitrogen and oxygen atoms in total. The van der Waals surface area contributed by atoms with Crippen LogP contribution < -0.4 is 0 Å². The molecule has 0 aliphatic carbocycles. The monoisotopic (exact) mass is 398 g/mol. The van der Waals surface area contributed by atoms with Crippen molar-refractivity contribution in [3.05, 3.63) is 66.2 Å². The first kappa shape index (κ1) is 20.9. The van der Waals surface area contributed by atoms with Gasteiger partial charge in [-0.1, -0.05) is 67.8 Å². The molecule has 1 heterocycles. The number of ether oxygens (including phenoxy) is 2. The van der Waals surface area contributed by atoms with E-state index >= 15 is 0 Å². The second-order valence-corrected chi connectivity index (χ2v) is 8.99. The average Bonchev–Trinajstić information content (AvgIpc) is 2.98. The second-order valence-electron chi connectivity index (χ2n) is 7.53. The molecule has 0 aromatic heterocycles. The Hall–Kier alpha value is -1.78. The smallest absolute Gasteiger partial charge is 0.322 e. The lowest BCUT2D eigenvalue weighted by Crippen LogP contribution is -2.30. The summed E-state index contributed by atoms with van der Waals surface area (Å²) >= 11 is 1.68. The first-order valence-electron chi connectivity index (χ1n) is 10.2. The van der Waals surface area contributed by atoms with Crippen molar-refractivity contribution in [2.45, 2.75) is 67.8 Å². The van der Waals surface area contributed by atoms with Crippen molar-refractivity contribution in [1.29, 1.82) is 0 Å². The summed E-state index contributed by atoms with van der Waals surface area (Å²) in [6.07, 6.45) is 6.04. The van der Waals surface area contributed by atoms with Crippen molar-refractivity contribution < 1.29 is 14.3 Å². The summed E-state index contributed by atoms with van der Waals surface area (Å²) in [6, 6.07) is 20.5. The van der Waals surface area contributed by atoms with Crippen LogP contribution in [0.2, 0.25) is 0 Å². The first-order chi connectivity index (χ1) is 13.7. The lowest BCUT2D eigenvalue weighted by Gasteiger charge is -2.24. The Kier molecular flexibility index (Phi) is 7.99. The van der Waals surface area contributed by atoms with Crippen LogP contribution in [0.5, 0.6) is 0 Å². The number of benzene rings is 2. The molecule has 0 radical (unpaired) electrons. The molecule has 0 N–H and O–H groups in total. The maximum atomic E-state index is 12.6. The average molecular weight is 399 g/mol. The van der Waals surface area contributed by atoms with Crippen LogP contribution in [0.15, 0.2) is 65.6 Å². The summed E-state index contributed by atoms with van der Waals surface area (Å²) in [4.78, 5) is 13.7. The van der Waals surface area contributed by atoms with Gasteiger partial charge in [-0.15, -0.1) is 11.8 Å². The van der Waals surface area contributed by atoms with Gasteiger partial charge in [0.25, 0.3) is 0 Å². The molecule has 1 unspecified atom stereocenters. The molecule has 0 saturated carbocycles. The molecule has 150 valence electrons. The molecule has 3 rings (SSSR count). The van der Waals surface area contributed by atoms with Gasteiger partial charge in [-0.3, -0.25) is 4.79 Å². The van der Waals surface area contributed by atoms with Gasteiger partial charge in [0.05, 0.1) is 6.61 Å². The van der Waals surface area contributed by atoms with Gasteiger partial charge in [-0.05, 0) is 37.5 Å². The van der Waals surface area contributed by atoms with Crippen LogP contribution in [0.4, 0.5) is 0 Å². The van der Waals surface area contributed by atoms with Crippen molar-refractivity contribution in [2.75, 3.05) is 6.61 Å². The van der Waals surface area contributed by atoms with Crippen LogP contribution in [-0.4, -0.2) is 23.4 Å². The van der Waals surface area contributed by atoms with E-state index in [9.17, 15) is 4.79 Å². The first-order valence-corrected chi connectivity index (χ1v) is 11.1. The van der Waals surface area contributed by atoms with Crippen molar-refractivity contribution >= 4 is 17.7 Å². The van der Waals surface area contributed by atoms with E-state index in [1.165, 1.54) is 5.56 Å². The summed E-state index contributed by atoms with van der Waals surface area (Å²) in [7, 11) is 0. The summed E-state index contributed by atoms with van der Waals surface area (Å²) in [5.74, 6) is -0.0416. The molecule has 2 atom stereocenters. The van der Waals surface area contributed by atoms with Crippen molar-refractivity contribution in [3.63, 3.8) is 0 Å². The van der Waals surface area contributed by atoms with E-state index < -0.39 is 4.75 Å². The van der Waals surface area contributed by atoms with E-state index in [1.54, 1.807) is 11.8 Å². The Bertz CT molecular complexity index is 719. The predicted octanol–water partition coefficient (Wildman–Crippen LogP) is 6.02. The number of thioether (sulfide) groups is 1. The zero-order valence-electron chi connectivity index (χ0n) is 16.6. The largest absolute Gasteiger partial charge is 0.462 e. The van der Waals surface area contributed by atoms with E-state index in [0.717, 1.165) is 50.0 Å². The third-order valence-electron chi connectivity index (χ3n) is 5.08. The van der Waals surface area contributed by atoms with Crippen LogP contribution in [0, 0.1) is 0 Å². The molecular weight excluding hydrogens is 368 g/mol. The second kappa shape index (κ2) is 10.7. The molecule has 2 aromatic carbocycles. The molecular formula is C24H30O3S. The topological polar surface area (TPSA) is 35.5 Å². The zero-order valence-corrected chi connectivity index (χ0v) is 17.5. The van der Waals surface area contributed by atoms with Gasteiger partial charge < -0.3 is 9.47 Å². The van der Waals surface area contributed by atoms with Gasteiger partial charge in [-0.25, -0.2) is 0 Å². The molecule has 0 spiro atoms. The maximum absolute atomic E-state index is 12.6.